The third-order valence-electron chi connectivity index (χ3n) is 7.95. The Balaban J connectivity index is 1.85. The first kappa shape index (κ1) is 25.4. The smallest absolute Gasteiger partial charge is 0.100 e. The van der Waals surface area contributed by atoms with Gasteiger partial charge in [-0.3, -0.25) is 0 Å². The van der Waals surface area contributed by atoms with Crippen molar-refractivity contribution in [1.82, 2.24) is 0 Å². The Labute approximate surface area is 223 Å². The summed E-state index contributed by atoms with van der Waals surface area (Å²) >= 11 is 0. The fraction of sp³-hybridized carbons (Fsp3) is 0.371. The van der Waals surface area contributed by atoms with Gasteiger partial charge in [0.1, 0.15) is 6.67 Å². The van der Waals surface area contributed by atoms with Gasteiger partial charge >= 0.3 is 0 Å². The minimum absolute atomic E-state index is 0.440. The van der Waals surface area contributed by atoms with Crippen molar-refractivity contribution in [2.45, 2.75) is 79.1 Å². The Morgan fingerprint density at radius 3 is 1.41 bits per heavy atom. The molecule has 1 aliphatic rings. The maximum Gasteiger partial charge on any atom is 0.100 e. The summed E-state index contributed by atoms with van der Waals surface area (Å²) in [5.74, 6) is 1.77. The predicted octanol–water partition coefficient (Wildman–Crippen LogP) is 10.6. The van der Waals surface area contributed by atoms with Gasteiger partial charge in [-0.05, 0) is 57.4 Å². The van der Waals surface area contributed by atoms with Crippen molar-refractivity contribution in [3.63, 3.8) is 0 Å². The van der Waals surface area contributed by atoms with Gasteiger partial charge in [-0.25, -0.2) is 0 Å². The van der Waals surface area contributed by atoms with E-state index in [9.17, 15) is 0 Å². The fourth-order valence-electron chi connectivity index (χ4n) is 6.05. The molecule has 0 atom stereocenters. The highest BCUT2D eigenvalue weighted by Gasteiger charge is 2.35. The molecule has 0 fully saturated rings. The first-order valence-corrected chi connectivity index (χ1v) is 14.0. The van der Waals surface area contributed by atoms with Gasteiger partial charge in [0.2, 0.25) is 0 Å². The van der Waals surface area contributed by atoms with Gasteiger partial charge in [0.25, 0.3) is 0 Å². The van der Waals surface area contributed by atoms with Gasteiger partial charge in [-0.15, -0.1) is 0 Å². The molecule has 0 bridgehead atoms. The monoisotopic (exact) mass is 490 g/mol. The van der Waals surface area contributed by atoms with Crippen molar-refractivity contribution in [3.05, 3.63) is 95.1 Å². The van der Waals surface area contributed by atoms with E-state index in [1.165, 1.54) is 55.8 Å². The van der Waals surface area contributed by atoms with Crippen LogP contribution in [0.5, 0.6) is 0 Å². The zero-order chi connectivity index (χ0) is 26.4. The highest BCUT2D eigenvalue weighted by atomic mass is 15.4. The number of nitrogens with zero attached hydrogens (tertiary/aromatic N) is 2. The minimum atomic E-state index is 0.440. The number of hydrogen-bond donors (Lipinski definition) is 0. The second kappa shape index (κ2) is 9.89. The lowest BCUT2D eigenvalue weighted by Gasteiger charge is -2.31. The van der Waals surface area contributed by atoms with E-state index in [1.54, 1.807) is 0 Å². The molecule has 1 heterocycles. The van der Waals surface area contributed by atoms with E-state index < -0.39 is 0 Å². The SMILES string of the molecule is CC(C)c1cccc(C(C)C)c1N1CN(c2c(C(C)C)cccc2C(C)C)c2c1ccc1ccccc21. The number of anilines is 4. The standard InChI is InChI=1S/C35H42N2/c1-22(2)27-15-11-16-28(23(3)4)33(27)36-21-37(34-29(24(5)6)17-12-18-30(34)25(7)8)35-31-14-10-9-13-26(31)19-20-32(35)36/h9-20,22-25H,21H2,1-8H3. The van der Waals surface area contributed by atoms with Crippen molar-refractivity contribution >= 4 is 33.5 Å². The third kappa shape index (κ3) is 4.31. The first-order chi connectivity index (χ1) is 17.7. The van der Waals surface area contributed by atoms with Crippen molar-refractivity contribution in [1.29, 1.82) is 0 Å². The lowest BCUT2D eigenvalue weighted by Crippen LogP contribution is -2.27. The largest absolute Gasteiger partial charge is 0.320 e. The molecule has 2 nitrogen and oxygen atoms in total. The van der Waals surface area contributed by atoms with E-state index in [-0.39, 0.29) is 0 Å². The van der Waals surface area contributed by atoms with Gasteiger partial charge in [0.15, 0.2) is 0 Å². The van der Waals surface area contributed by atoms with Gasteiger partial charge in [0.05, 0.1) is 11.4 Å². The summed E-state index contributed by atoms with van der Waals surface area (Å²) < 4.78 is 0. The molecule has 0 spiro atoms. The van der Waals surface area contributed by atoms with E-state index in [0.717, 1.165) is 6.67 Å². The van der Waals surface area contributed by atoms with Crippen molar-refractivity contribution in [2.24, 2.45) is 0 Å². The molecule has 4 aromatic rings. The van der Waals surface area contributed by atoms with E-state index in [2.05, 4.69) is 138 Å². The highest BCUT2D eigenvalue weighted by molar-refractivity contribution is 6.06. The Morgan fingerprint density at radius 1 is 0.459 bits per heavy atom. The quantitative estimate of drug-likeness (QED) is 0.265. The summed E-state index contributed by atoms with van der Waals surface area (Å²) in [5, 5.41) is 2.62. The van der Waals surface area contributed by atoms with Gasteiger partial charge < -0.3 is 9.80 Å². The zero-order valence-corrected chi connectivity index (χ0v) is 23.8. The lowest BCUT2D eigenvalue weighted by molar-refractivity contribution is 0.806. The molecule has 0 aliphatic carbocycles. The average Bonchev–Trinajstić information content (AvgIpc) is 3.27. The van der Waals surface area contributed by atoms with Crippen LogP contribution in [0.15, 0.2) is 72.8 Å². The van der Waals surface area contributed by atoms with Crippen LogP contribution in [0.4, 0.5) is 22.7 Å². The molecular weight excluding hydrogens is 448 g/mol. The van der Waals surface area contributed by atoms with Gasteiger partial charge in [-0.2, -0.15) is 0 Å². The molecule has 0 N–H and O–H groups in total. The molecule has 0 saturated carbocycles. The maximum atomic E-state index is 2.63. The van der Waals surface area contributed by atoms with Crippen LogP contribution in [-0.4, -0.2) is 6.67 Å². The lowest BCUT2D eigenvalue weighted by atomic mass is 9.91. The molecule has 4 aromatic carbocycles. The van der Waals surface area contributed by atoms with E-state index >= 15 is 0 Å². The van der Waals surface area contributed by atoms with E-state index in [0.29, 0.717) is 23.7 Å². The Hall–Kier alpha value is -3.26. The van der Waals surface area contributed by atoms with Crippen LogP contribution >= 0.6 is 0 Å². The predicted molar refractivity (Wildman–Crippen MR) is 162 cm³/mol. The van der Waals surface area contributed by atoms with Crippen molar-refractivity contribution in [2.75, 3.05) is 16.5 Å². The number of benzene rings is 4. The summed E-state index contributed by atoms with van der Waals surface area (Å²) in [7, 11) is 0. The minimum Gasteiger partial charge on any atom is -0.320 e. The number of hydrogen-bond acceptors (Lipinski definition) is 2. The number of rotatable bonds is 6. The second-order valence-electron chi connectivity index (χ2n) is 11.8. The maximum absolute atomic E-state index is 2.63. The molecule has 1 aliphatic heterocycles. The third-order valence-corrected chi connectivity index (χ3v) is 7.95. The molecule has 0 saturated heterocycles. The molecule has 0 aromatic heterocycles. The van der Waals surface area contributed by atoms with Crippen LogP contribution in [0.1, 0.15) is 101 Å². The summed E-state index contributed by atoms with van der Waals surface area (Å²) in [5.41, 5.74) is 11.1. The van der Waals surface area contributed by atoms with Crippen LogP contribution in [0.25, 0.3) is 10.8 Å². The van der Waals surface area contributed by atoms with Crippen LogP contribution in [0.2, 0.25) is 0 Å². The number of fused-ring (bicyclic) bond motifs is 3. The summed E-state index contributed by atoms with van der Waals surface area (Å²) in [6.45, 7) is 19.4. The molecule has 2 heteroatoms. The average molecular weight is 491 g/mol. The molecule has 0 amide bonds. The topological polar surface area (TPSA) is 6.48 Å². The summed E-state index contributed by atoms with van der Waals surface area (Å²) in [4.78, 5) is 5.23. The summed E-state index contributed by atoms with van der Waals surface area (Å²) in [6.07, 6.45) is 0. The zero-order valence-electron chi connectivity index (χ0n) is 23.8. The van der Waals surface area contributed by atoms with Crippen molar-refractivity contribution in [3.8, 4) is 0 Å². The van der Waals surface area contributed by atoms with E-state index in [4.69, 9.17) is 0 Å². The summed E-state index contributed by atoms with van der Waals surface area (Å²) in [6, 6.07) is 27.4. The second-order valence-corrected chi connectivity index (χ2v) is 11.8. The Kier molecular flexibility index (Phi) is 6.79. The van der Waals surface area contributed by atoms with Crippen LogP contribution in [0, 0.1) is 0 Å². The van der Waals surface area contributed by atoms with Gasteiger partial charge in [0, 0.05) is 16.8 Å². The first-order valence-electron chi connectivity index (χ1n) is 14.0. The van der Waals surface area contributed by atoms with Crippen LogP contribution in [0.3, 0.4) is 0 Å². The molecule has 5 rings (SSSR count). The van der Waals surface area contributed by atoms with Crippen LogP contribution in [-0.2, 0) is 0 Å². The van der Waals surface area contributed by atoms with E-state index in [1.807, 2.05) is 0 Å². The molecule has 37 heavy (non-hydrogen) atoms. The van der Waals surface area contributed by atoms with Crippen molar-refractivity contribution < 1.29 is 0 Å². The molecular formula is C35H42N2. The highest BCUT2D eigenvalue weighted by Crippen LogP contribution is 2.53. The van der Waals surface area contributed by atoms with Crippen LogP contribution < -0.4 is 9.80 Å². The molecule has 0 radical (unpaired) electrons. The molecule has 0 unspecified atom stereocenters. The number of para-hydroxylation sites is 2. The normalized spacial score (nSPS) is 13.6. The Bertz CT molecular complexity index is 1370. The van der Waals surface area contributed by atoms with Gasteiger partial charge in [-0.1, -0.05) is 122 Å². The fourth-order valence-corrected chi connectivity index (χ4v) is 6.05. The molecule has 192 valence electrons. The Morgan fingerprint density at radius 2 is 0.919 bits per heavy atom.